The van der Waals surface area contributed by atoms with Gasteiger partial charge in [0.15, 0.2) is 0 Å². The minimum absolute atomic E-state index is 0.290. The highest BCUT2D eigenvalue weighted by Crippen LogP contribution is 2.22. The molecule has 0 aliphatic heterocycles. The Bertz CT molecular complexity index is 516. The number of hydrogen-bond donors (Lipinski definition) is 1. The van der Waals surface area contributed by atoms with Crippen LogP contribution in [0.5, 0.6) is 0 Å². The molecule has 0 saturated heterocycles. The molecule has 1 atom stereocenters. The summed E-state index contributed by atoms with van der Waals surface area (Å²) in [7, 11) is 0. The predicted molar refractivity (Wildman–Crippen MR) is 83.9 cm³/mol. The molecule has 1 N–H and O–H groups in total. The van der Waals surface area contributed by atoms with Crippen molar-refractivity contribution >= 4 is 22.7 Å². The Morgan fingerprint density at radius 1 is 1.21 bits per heavy atom. The second-order valence-corrected chi connectivity index (χ2v) is 7.43. The van der Waals surface area contributed by atoms with Crippen LogP contribution in [-0.4, -0.2) is 22.7 Å². The van der Waals surface area contributed by atoms with Crippen molar-refractivity contribution in [1.82, 2.24) is 4.90 Å². The Morgan fingerprint density at radius 2 is 2.00 bits per heavy atom. The van der Waals surface area contributed by atoms with Crippen molar-refractivity contribution in [3.63, 3.8) is 0 Å². The smallest absolute Gasteiger partial charge is 0.0639 e. The van der Waals surface area contributed by atoms with Gasteiger partial charge in [-0.2, -0.15) is 0 Å². The van der Waals surface area contributed by atoms with Crippen molar-refractivity contribution in [3.05, 3.63) is 43.8 Å². The third kappa shape index (κ3) is 4.42. The maximum absolute atomic E-state index is 9.67. The van der Waals surface area contributed by atoms with Gasteiger partial charge in [0.05, 0.1) is 6.10 Å². The number of aryl methyl sites for hydroxylation is 2. The number of aliphatic hydroxyl groups excluding tert-OH is 1. The van der Waals surface area contributed by atoms with E-state index in [-0.39, 0.29) is 6.10 Å². The van der Waals surface area contributed by atoms with Gasteiger partial charge in [0.2, 0.25) is 0 Å². The molecule has 0 aliphatic rings. The molecule has 0 aliphatic carbocycles. The lowest BCUT2D eigenvalue weighted by Crippen LogP contribution is -2.29. The van der Waals surface area contributed by atoms with E-state index in [4.69, 9.17) is 0 Å². The Balaban J connectivity index is 2.05. The fourth-order valence-electron chi connectivity index (χ4n) is 2.12. The SMILES string of the molecule is Cc1ccc(CN(Cc2sccc2C)C[C@@H](C)O)s1. The minimum Gasteiger partial charge on any atom is -0.392 e. The van der Waals surface area contributed by atoms with Gasteiger partial charge in [0, 0.05) is 34.3 Å². The zero-order valence-electron chi connectivity index (χ0n) is 11.7. The highest BCUT2D eigenvalue weighted by atomic mass is 32.1. The molecule has 4 heteroatoms. The highest BCUT2D eigenvalue weighted by molar-refractivity contribution is 7.11. The van der Waals surface area contributed by atoms with Crippen LogP contribution in [0.4, 0.5) is 0 Å². The summed E-state index contributed by atoms with van der Waals surface area (Å²) in [4.78, 5) is 6.44. The summed E-state index contributed by atoms with van der Waals surface area (Å²) in [6, 6.07) is 6.52. The molecule has 0 saturated carbocycles. The molecule has 0 radical (unpaired) electrons. The summed E-state index contributed by atoms with van der Waals surface area (Å²) in [5, 5.41) is 11.8. The van der Waals surface area contributed by atoms with E-state index in [0.717, 1.165) is 13.1 Å². The van der Waals surface area contributed by atoms with Gasteiger partial charge in [0.25, 0.3) is 0 Å². The standard InChI is InChI=1S/C15H21NOS2/c1-11-6-7-18-15(11)10-16(8-12(2)17)9-14-5-4-13(3)19-14/h4-7,12,17H,8-10H2,1-3H3/t12-/m1/s1. The summed E-state index contributed by atoms with van der Waals surface area (Å²) in [5.74, 6) is 0. The molecular formula is C15H21NOS2. The molecule has 2 aromatic rings. The first-order valence-corrected chi connectivity index (χ1v) is 8.23. The Labute approximate surface area is 123 Å². The number of rotatable bonds is 6. The zero-order chi connectivity index (χ0) is 13.8. The summed E-state index contributed by atoms with van der Waals surface area (Å²) < 4.78 is 0. The minimum atomic E-state index is -0.290. The summed E-state index contributed by atoms with van der Waals surface area (Å²) in [6.07, 6.45) is -0.290. The fraction of sp³-hybridized carbons (Fsp3) is 0.467. The molecular weight excluding hydrogens is 274 g/mol. The Morgan fingerprint density at radius 3 is 2.53 bits per heavy atom. The summed E-state index contributed by atoms with van der Waals surface area (Å²) in [6.45, 7) is 8.70. The van der Waals surface area contributed by atoms with Crippen molar-refractivity contribution in [3.8, 4) is 0 Å². The van der Waals surface area contributed by atoms with Crippen LogP contribution < -0.4 is 0 Å². The highest BCUT2D eigenvalue weighted by Gasteiger charge is 2.13. The van der Waals surface area contributed by atoms with Gasteiger partial charge in [-0.3, -0.25) is 4.90 Å². The molecule has 0 spiro atoms. The maximum Gasteiger partial charge on any atom is 0.0639 e. The van der Waals surface area contributed by atoms with Crippen LogP contribution in [0, 0.1) is 13.8 Å². The van der Waals surface area contributed by atoms with Crippen molar-refractivity contribution in [2.45, 2.75) is 40.0 Å². The number of nitrogens with zero attached hydrogens (tertiary/aromatic N) is 1. The fourth-order valence-corrected chi connectivity index (χ4v) is 4.00. The monoisotopic (exact) mass is 295 g/mol. The Hall–Kier alpha value is -0.680. The molecule has 0 bridgehead atoms. The largest absolute Gasteiger partial charge is 0.392 e. The molecule has 0 amide bonds. The van der Waals surface area contributed by atoms with Gasteiger partial charge in [-0.15, -0.1) is 22.7 Å². The van der Waals surface area contributed by atoms with E-state index in [0.29, 0.717) is 6.54 Å². The van der Waals surface area contributed by atoms with Crippen molar-refractivity contribution in [2.75, 3.05) is 6.54 Å². The van der Waals surface area contributed by atoms with Crippen LogP contribution in [0.2, 0.25) is 0 Å². The van der Waals surface area contributed by atoms with Crippen LogP contribution in [-0.2, 0) is 13.1 Å². The zero-order valence-corrected chi connectivity index (χ0v) is 13.4. The molecule has 2 heterocycles. The lowest BCUT2D eigenvalue weighted by atomic mass is 10.2. The van der Waals surface area contributed by atoms with E-state index < -0.39 is 0 Å². The number of hydrogen-bond acceptors (Lipinski definition) is 4. The lowest BCUT2D eigenvalue weighted by molar-refractivity contribution is 0.119. The second kappa shape index (κ2) is 6.66. The van der Waals surface area contributed by atoms with Crippen molar-refractivity contribution < 1.29 is 5.11 Å². The first-order valence-electron chi connectivity index (χ1n) is 6.53. The second-order valence-electron chi connectivity index (χ2n) is 5.06. The molecule has 2 nitrogen and oxygen atoms in total. The number of aliphatic hydroxyl groups is 1. The third-order valence-corrected chi connectivity index (χ3v) is 5.03. The first-order chi connectivity index (χ1) is 9.04. The van der Waals surface area contributed by atoms with Gasteiger partial charge in [-0.25, -0.2) is 0 Å². The van der Waals surface area contributed by atoms with Crippen LogP contribution in [0.15, 0.2) is 23.6 Å². The molecule has 2 rings (SSSR count). The van der Waals surface area contributed by atoms with Crippen molar-refractivity contribution in [2.24, 2.45) is 0 Å². The normalized spacial score (nSPS) is 13.1. The summed E-state index contributed by atoms with van der Waals surface area (Å²) in [5.41, 5.74) is 1.35. The Kier molecular flexibility index (Phi) is 5.16. The van der Waals surface area contributed by atoms with Crippen molar-refractivity contribution in [1.29, 1.82) is 0 Å². The lowest BCUT2D eigenvalue weighted by Gasteiger charge is -2.23. The molecule has 0 unspecified atom stereocenters. The van der Waals surface area contributed by atoms with E-state index >= 15 is 0 Å². The first kappa shape index (κ1) is 14.7. The van der Waals surface area contributed by atoms with Gasteiger partial charge >= 0.3 is 0 Å². The average molecular weight is 295 g/mol. The molecule has 0 fully saturated rings. The van der Waals surface area contributed by atoms with E-state index in [1.807, 2.05) is 18.3 Å². The molecule has 2 aromatic heterocycles. The van der Waals surface area contributed by atoms with E-state index in [1.165, 1.54) is 20.2 Å². The molecule has 19 heavy (non-hydrogen) atoms. The van der Waals surface area contributed by atoms with Gasteiger partial charge < -0.3 is 5.11 Å². The van der Waals surface area contributed by atoms with Gasteiger partial charge in [0.1, 0.15) is 0 Å². The van der Waals surface area contributed by atoms with Gasteiger partial charge in [-0.1, -0.05) is 0 Å². The number of thiophene rings is 2. The van der Waals surface area contributed by atoms with Crippen LogP contribution in [0.1, 0.15) is 27.1 Å². The topological polar surface area (TPSA) is 23.5 Å². The quantitative estimate of drug-likeness (QED) is 0.876. The van der Waals surface area contributed by atoms with Gasteiger partial charge in [-0.05, 0) is 49.9 Å². The third-order valence-electron chi connectivity index (χ3n) is 3.03. The molecule has 0 aromatic carbocycles. The molecule has 104 valence electrons. The van der Waals surface area contributed by atoms with E-state index in [1.54, 1.807) is 11.3 Å². The maximum atomic E-state index is 9.67. The average Bonchev–Trinajstić information content (AvgIpc) is 2.88. The predicted octanol–water partition coefficient (Wildman–Crippen LogP) is 3.81. The van der Waals surface area contributed by atoms with Crippen LogP contribution >= 0.6 is 22.7 Å². The van der Waals surface area contributed by atoms with Crippen LogP contribution in [0.3, 0.4) is 0 Å². The summed E-state index contributed by atoms with van der Waals surface area (Å²) >= 11 is 3.64. The van der Waals surface area contributed by atoms with E-state index in [9.17, 15) is 5.11 Å². The van der Waals surface area contributed by atoms with Crippen LogP contribution in [0.25, 0.3) is 0 Å². The van der Waals surface area contributed by atoms with E-state index in [2.05, 4.69) is 42.3 Å².